The van der Waals surface area contributed by atoms with E-state index in [1.807, 2.05) is 30.3 Å². The summed E-state index contributed by atoms with van der Waals surface area (Å²) in [6.07, 6.45) is 2.09. The quantitative estimate of drug-likeness (QED) is 0.293. The Kier molecular flexibility index (Phi) is 8.69. The van der Waals surface area contributed by atoms with Crippen LogP contribution in [0.5, 0.6) is 5.75 Å². The summed E-state index contributed by atoms with van der Waals surface area (Å²) in [5.41, 5.74) is 1.67. The summed E-state index contributed by atoms with van der Waals surface area (Å²) in [6, 6.07) is 19.9. The van der Waals surface area contributed by atoms with Gasteiger partial charge in [-0.2, -0.15) is 0 Å². The van der Waals surface area contributed by atoms with Gasteiger partial charge in [-0.15, -0.1) is 11.8 Å². The molecule has 0 aliphatic rings. The van der Waals surface area contributed by atoms with E-state index < -0.39 is 5.82 Å². The van der Waals surface area contributed by atoms with Gasteiger partial charge in [-0.1, -0.05) is 19.4 Å². The molecule has 0 saturated heterocycles. The third-order valence-electron chi connectivity index (χ3n) is 4.47. The van der Waals surface area contributed by atoms with E-state index in [4.69, 9.17) is 4.74 Å². The van der Waals surface area contributed by atoms with Crippen molar-refractivity contribution in [3.05, 3.63) is 84.2 Å². The number of unbranched alkanes of at least 4 members (excludes halogenated alkanes) is 1. The van der Waals surface area contributed by atoms with Crippen molar-refractivity contribution in [2.75, 3.05) is 23.0 Å². The Balaban J connectivity index is 1.48. The van der Waals surface area contributed by atoms with Gasteiger partial charge in [0.05, 0.1) is 12.4 Å². The fourth-order valence-electron chi connectivity index (χ4n) is 2.78. The van der Waals surface area contributed by atoms with Crippen LogP contribution in [0.4, 0.5) is 15.8 Å². The SMILES string of the molecule is CCCCOc1ccc(NC(=O)CSc2cccc(NC(=O)c3ccc(F)cc3)c2)cc1. The van der Waals surface area contributed by atoms with Crippen LogP contribution < -0.4 is 15.4 Å². The Bertz CT molecular complexity index is 1040. The van der Waals surface area contributed by atoms with Crippen LogP contribution in [0.15, 0.2) is 77.7 Å². The lowest BCUT2D eigenvalue weighted by Gasteiger charge is -2.09. The van der Waals surface area contributed by atoms with Crippen LogP contribution in [-0.4, -0.2) is 24.2 Å². The van der Waals surface area contributed by atoms with E-state index in [0.29, 0.717) is 23.5 Å². The molecule has 0 atom stereocenters. The molecule has 0 aliphatic heterocycles. The zero-order valence-electron chi connectivity index (χ0n) is 17.8. The van der Waals surface area contributed by atoms with Crippen molar-refractivity contribution in [2.24, 2.45) is 0 Å². The number of benzene rings is 3. The number of carbonyl (C=O) groups excluding carboxylic acids is 2. The van der Waals surface area contributed by atoms with Crippen molar-refractivity contribution >= 4 is 35.0 Å². The monoisotopic (exact) mass is 452 g/mol. The fraction of sp³-hybridized carbons (Fsp3) is 0.200. The van der Waals surface area contributed by atoms with Gasteiger partial charge in [-0.05, 0) is 73.2 Å². The number of ether oxygens (including phenoxy) is 1. The zero-order valence-corrected chi connectivity index (χ0v) is 18.6. The molecular weight excluding hydrogens is 427 g/mol. The first-order valence-corrected chi connectivity index (χ1v) is 11.3. The third-order valence-corrected chi connectivity index (χ3v) is 5.47. The molecule has 7 heteroatoms. The molecule has 0 saturated carbocycles. The Morgan fingerprint density at radius 2 is 1.69 bits per heavy atom. The zero-order chi connectivity index (χ0) is 22.8. The molecule has 2 N–H and O–H groups in total. The largest absolute Gasteiger partial charge is 0.494 e. The van der Waals surface area contributed by atoms with Gasteiger partial charge in [0.2, 0.25) is 5.91 Å². The summed E-state index contributed by atoms with van der Waals surface area (Å²) in [6.45, 7) is 2.79. The highest BCUT2D eigenvalue weighted by Crippen LogP contribution is 2.23. The summed E-state index contributed by atoms with van der Waals surface area (Å²) in [5.74, 6) is 0.159. The van der Waals surface area contributed by atoms with Gasteiger partial charge in [-0.3, -0.25) is 9.59 Å². The number of hydrogen-bond acceptors (Lipinski definition) is 4. The van der Waals surface area contributed by atoms with Crippen LogP contribution >= 0.6 is 11.8 Å². The van der Waals surface area contributed by atoms with Gasteiger partial charge in [0.1, 0.15) is 11.6 Å². The first-order chi connectivity index (χ1) is 15.5. The number of anilines is 2. The minimum absolute atomic E-state index is 0.129. The van der Waals surface area contributed by atoms with E-state index >= 15 is 0 Å². The number of nitrogens with one attached hydrogen (secondary N) is 2. The molecule has 3 aromatic rings. The lowest BCUT2D eigenvalue weighted by Crippen LogP contribution is -2.14. The number of carbonyl (C=O) groups is 2. The second-order valence-electron chi connectivity index (χ2n) is 7.05. The van der Waals surface area contributed by atoms with Crippen LogP contribution in [0.25, 0.3) is 0 Å². The van der Waals surface area contributed by atoms with Crippen LogP contribution in [0, 0.1) is 5.82 Å². The van der Waals surface area contributed by atoms with Crippen LogP contribution in [0.2, 0.25) is 0 Å². The van der Waals surface area contributed by atoms with E-state index in [1.54, 1.807) is 18.2 Å². The first kappa shape index (κ1) is 23.3. The topological polar surface area (TPSA) is 67.4 Å². The van der Waals surface area contributed by atoms with Crippen molar-refractivity contribution in [3.63, 3.8) is 0 Å². The molecule has 3 rings (SSSR count). The predicted octanol–water partition coefficient (Wildman–Crippen LogP) is 5.99. The van der Waals surface area contributed by atoms with Crippen molar-refractivity contribution in [2.45, 2.75) is 24.7 Å². The smallest absolute Gasteiger partial charge is 0.255 e. The number of rotatable bonds is 10. The van der Waals surface area contributed by atoms with Crippen LogP contribution in [-0.2, 0) is 4.79 Å². The van der Waals surface area contributed by atoms with E-state index in [1.165, 1.54) is 36.0 Å². The molecule has 5 nitrogen and oxygen atoms in total. The van der Waals surface area contributed by atoms with Gasteiger partial charge in [0.15, 0.2) is 0 Å². The molecule has 32 heavy (non-hydrogen) atoms. The Morgan fingerprint density at radius 1 is 0.938 bits per heavy atom. The maximum atomic E-state index is 13.0. The minimum Gasteiger partial charge on any atom is -0.494 e. The molecule has 0 radical (unpaired) electrons. The molecule has 3 aromatic carbocycles. The Morgan fingerprint density at radius 3 is 2.41 bits per heavy atom. The molecule has 2 amide bonds. The second kappa shape index (κ2) is 11.9. The van der Waals surface area contributed by atoms with Gasteiger partial charge >= 0.3 is 0 Å². The van der Waals surface area contributed by atoms with E-state index in [0.717, 1.165) is 23.5 Å². The number of amides is 2. The van der Waals surface area contributed by atoms with Crippen molar-refractivity contribution in [1.82, 2.24) is 0 Å². The average molecular weight is 453 g/mol. The van der Waals surface area contributed by atoms with E-state index in [-0.39, 0.29) is 17.6 Å². The Labute approximate surface area is 191 Å². The van der Waals surface area contributed by atoms with Crippen LogP contribution in [0.1, 0.15) is 30.1 Å². The van der Waals surface area contributed by atoms with Gasteiger partial charge in [0.25, 0.3) is 5.91 Å². The van der Waals surface area contributed by atoms with Crippen molar-refractivity contribution in [3.8, 4) is 5.75 Å². The predicted molar refractivity (Wildman–Crippen MR) is 127 cm³/mol. The molecule has 0 fully saturated rings. The number of halogens is 1. The standard InChI is InChI=1S/C25H25FN2O3S/c1-2-3-15-31-22-13-11-20(12-14-22)27-24(29)17-32-23-6-4-5-21(16-23)28-25(30)18-7-9-19(26)10-8-18/h4-14,16H,2-3,15,17H2,1H3,(H,27,29)(H,28,30). The molecule has 0 spiro atoms. The van der Waals surface area contributed by atoms with E-state index in [2.05, 4.69) is 17.6 Å². The first-order valence-electron chi connectivity index (χ1n) is 10.4. The molecule has 0 heterocycles. The maximum absolute atomic E-state index is 13.0. The summed E-state index contributed by atoms with van der Waals surface area (Å²) < 4.78 is 18.6. The van der Waals surface area contributed by atoms with Crippen molar-refractivity contribution < 1.29 is 18.7 Å². The highest BCUT2D eigenvalue weighted by Gasteiger charge is 2.08. The maximum Gasteiger partial charge on any atom is 0.255 e. The highest BCUT2D eigenvalue weighted by atomic mass is 32.2. The molecular formula is C25H25FN2O3S. The fourth-order valence-corrected chi connectivity index (χ4v) is 3.54. The summed E-state index contributed by atoms with van der Waals surface area (Å²) in [7, 11) is 0. The molecule has 0 bridgehead atoms. The molecule has 0 unspecified atom stereocenters. The minimum atomic E-state index is -0.394. The number of thioether (sulfide) groups is 1. The van der Waals surface area contributed by atoms with Gasteiger partial charge in [-0.25, -0.2) is 4.39 Å². The molecule has 166 valence electrons. The summed E-state index contributed by atoms with van der Waals surface area (Å²) in [4.78, 5) is 25.4. The average Bonchev–Trinajstić information content (AvgIpc) is 2.80. The van der Waals surface area contributed by atoms with Crippen LogP contribution in [0.3, 0.4) is 0 Å². The third kappa shape index (κ3) is 7.42. The normalized spacial score (nSPS) is 10.4. The van der Waals surface area contributed by atoms with Gasteiger partial charge < -0.3 is 15.4 Å². The van der Waals surface area contributed by atoms with E-state index in [9.17, 15) is 14.0 Å². The second-order valence-corrected chi connectivity index (χ2v) is 8.10. The highest BCUT2D eigenvalue weighted by molar-refractivity contribution is 8.00. The van der Waals surface area contributed by atoms with Crippen molar-refractivity contribution in [1.29, 1.82) is 0 Å². The summed E-state index contributed by atoms with van der Waals surface area (Å²) >= 11 is 1.37. The Hall–Kier alpha value is -3.32. The molecule has 0 aliphatic carbocycles. The lowest BCUT2D eigenvalue weighted by atomic mass is 10.2. The van der Waals surface area contributed by atoms with Gasteiger partial charge in [0, 0.05) is 21.8 Å². The lowest BCUT2D eigenvalue weighted by molar-refractivity contribution is -0.113. The summed E-state index contributed by atoms with van der Waals surface area (Å²) in [5, 5.41) is 5.65. The number of hydrogen-bond donors (Lipinski definition) is 2. The molecule has 0 aromatic heterocycles.